The number of methoxy groups -OCH3 is 1. The van der Waals surface area contributed by atoms with Crippen molar-refractivity contribution in [2.24, 2.45) is 11.0 Å². The van der Waals surface area contributed by atoms with E-state index in [1.165, 1.54) is 13.1 Å². The monoisotopic (exact) mass is 573 g/mol. The van der Waals surface area contributed by atoms with Gasteiger partial charge in [0.1, 0.15) is 5.92 Å². The molecular formula is C20H21BrIN3O4. The van der Waals surface area contributed by atoms with Crippen LogP contribution in [0.25, 0.3) is 0 Å². The van der Waals surface area contributed by atoms with Gasteiger partial charge in [0.05, 0.1) is 29.2 Å². The van der Waals surface area contributed by atoms with Gasteiger partial charge in [-0.2, -0.15) is 5.10 Å². The zero-order chi connectivity index (χ0) is 21.4. The number of hydrazone groups is 1. The molecule has 0 aromatic heterocycles. The largest absolute Gasteiger partial charge is 0.492 e. The van der Waals surface area contributed by atoms with Gasteiger partial charge >= 0.3 is 0 Å². The molecule has 0 aliphatic rings. The molecule has 0 saturated carbocycles. The summed E-state index contributed by atoms with van der Waals surface area (Å²) in [6.45, 7) is 3.89. The van der Waals surface area contributed by atoms with Crippen LogP contribution in [0.1, 0.15) is 19.4 Å². The Morgan fingerprint density at radius 1 is 1.28 bits per heavy atom. The molecule has 154 valence electrons. The maximum absolute atomic E-state index is 12.3. The zero-order valence-electron chi connectivity index (χ0n) is 16.2. The number of anilines is 1. The maximum Gasteiger partial charge on any atom is 0.252 e. The highest BCUT2D eigenvalue weighted by molar-refractivity contribution is 14.1. The Morgan fingerprint density at radius 2 is 2.00 bits per heavy atom. The quantitative estimate of drug-likeness (QED) is 0.214. The topological polar surface area (TPSA) is 89.0 Å². The molecule has 2 aromatic rings. The summed E-state index contributed by atoms with van der Waals surface area (Å²) in [5.74, 6) is -0.627. The number of carbonyl (C=O) groups is 2. The molecule has 0 spiro atoms. The number of amides is 2. The molecule has 7 nitrogen and oxygen atoms in total. The Bertz CT molecular complexity index is 921. The lowest BCUT2D eigenvalue weighted by Gasteiger charge is -2.12. The molecule has 9 heteroatoms. The number of benzene rings is 2. The average Bonchev–Trinajstić information content (AvgIpc) is 2.69. The van der Waals surface area contributed by atoms with Gasteiger partial charge in [0.25, 0.3) is 5.91 Å². The van der Waals surface area contributed by atoms with Gasteiger partial charge in [-0.1, -0.05) is 12.1 Å². The van der Waals surface area contributed by atoms with Crippen molar-refractivity contribution in [2.75, 3.05) is 19.0 Å². The summed E-state index contributed by atoms with van der Waals surface area (Å²) in [5.41, 5.74) is 3.72. The van der Waals surface area contributed by atoms with E-state index in [0.29, 0.717) is 23.8 Å². The van der Waals surface area contributed by atoms with Crippen LogP contribution in [0.4, 0.5) is 5.69 Å². The van der Waals surface area contributed by atoms with Gasteiger partial charge in [-0.05, 0) is 82.2 Å². The molecule has 0 bridgehead atoms. The average molecular weight is 574 g/mol. The molecule has 2 amide bonds. The second-order valence-corrected chi connectivity index (χ2v) is 7.91. The number of nitrogens with one attached hydrogen (secondary N) is 2. The molecule has 2 N–H and O–H groups in total. The molecule has 0 aliphatic carbocycles. The molecule has 1 unspecified atom stereocenters. The minimum Gasteiger partial charge on any atom is -0.492 e. The first-order chi connectivity index (χ1) is 13.9. The van der Waals surface area contributed by atoms with E-state index in [2.05, 4.69) is 54.4 Å². The SMILES string of the molecule is CCOc1cc(C=NNC(=O)C(C)C(=O)Nc2ccccc2Br)cc(I)c1OC. The van der Waals surface area contributed by atoms with Gasteiger partial charge in [0.2, 0.25) is 5.91 Å². The van der Waals surface area contributed by atoms with Crippen LogP contribution in [-0.2, 0) is 9.59 Å². The van der Waals surface area contributed by atoms with Crippen molar-refractivity contribution in [1.29, 1.82) is 0 Å². The minimum absolute atomic E-state index is 0.428. The molecule has 0 aliphatic heterocycles. The Hall–Kier alpha value is -2.14. The summed E-state index contributed by atoms with van der Waals surface area (Å²) in [7, 11) is 1.58. The van der Waals surface area contributed by atoms with Crippen molar-refractivity contribution < 1.29 is 19.1 Å². The lowest BCUT2D eigenvalue weighted by molar-refractivity contribution is -0.131. The second kappa shape index (κ2) is 11.1. The first kappa shape index (κ1) is 23.1. The molecule has 2 rings (SSSR count). The molecular weight excluding hydrogens is 553 g/mol. The van der Waals surface area contributed by atoms with Gasteiger partial charge in [0, 0.05) is 4.47 Å². The number of ether oxygens (including phenoxy) is 2. The number of hydrogen-bond acceptors (Lipinski definition) is 5. The van der Waals surface area contributed by atoms with E-state index in [-0.39, 0.29) is 0 Å². The zero-order valence-corrected chi connectivity index (χ0v) is 19.9. The fraction of sp³-hybridized carbons (Fsp3) is 0.250. The Kier molecular flexibility index (Phi) is 8.90. The van der Waals surface area contributed by atoms with Crippen LogP contribution in [0.3, 0.4) is 0 Å². The predicted octanol–water partition coefficient (Wildman–Crippen LogP) is 4.19. The molecule has 0 saturated heterocycles. The number of rotatable bonds is 8. The van der Waals surface area contributed by atoms with Crippen molar-refractivity contribution in [3.63, 3.8) is 0 Å². The number of carbonyl (C=O) groups excluding carboxylic acids is 2. The van der Waals surface area contributed by atoms with E-state index in [4.69, 9.17) is 9.47 Å². The molecule has 0 heterocycles. The van der Waals surface area contributed by atoms with Crippen molar-refractivity contribution in [3.05, 3.63) is 50.0 Å². The summed E-state index contributed by atoms with van der Waals surface area (Å²) in [6, 6.07) is 10.8. The highest BCUT2D eigenvalue weighted by Gasteiger charge is 2.21. The summed E-state index contributed by atoms with van der Waals surface area (Å²) in [4.78, 5) is 24.5. The minimum atomic E-state index is -0.922. The van der Waals surface area contributed by atoms with E-state index in [0.717, 1.165) is 13.6 Å². The van der Waals surface area contributed by atoms with E-state index >= 15 is 0 Å². The smallest absolute Gasteiger partial charge is 0.252 e. The first-order valence-electron chi connectivity index (χ1n) is 8.76. The second-order valence-electron chi connectivity index (χ2n) is 5.89. The van der Waals surface area contributed by atoms with E-state index in [9.17, 15) is 9.59 Å². The highest BCUT2D eigenvalue weighted by Crippen LogP contribution is 2.33. The summed E-state index contributed by atoms with van der Waals surface area (Å²) in [6.07, 6.45) is 1.49. The fourth-order valence-electron chi connectivity index (χ4n) is 2.31. The standard InChI is InChI=1S/C20H21BrIN3O4/c1-4-29-17-10-13(9-15(22)18(17)28-3)11-23-25-20(27)12(2)19(26)24-16-8-6-5-7-14(16)21/h5-12H,4H2,1-3H3,(H,24,26)(H,25,27). The van der Waals surface area contributed by atoms with Gasteiger partial charge in [-0.15, -0.1) is 0 Å². The van der Waals surface area contributed by atoms with E-state index in [1.807, 2.05) is 19.1 Å². The van der Waals surface area contributed by atoms with Crippen LogP contribution in [-0.4, -0.2) is 31.7 Å². The summed E-state index contributed by atoms with van der Waals surface area (Å²) < 4.78 is 12.5. The van der Waals surface area contributed by atoms with Crippen LogP contribution in [0.15, 0.2) is 46.0 Å². The predicted molar refractivity (Wildman–Crippen MR) is 125 cm³/mol. The lowest BCUT2D eigenvalue weighted by atomic mass is 10.1. The lowest BCUT2D eigenvalue weighted by Crippen LogP contribution is -2.34. The molecule has 1 atom stereocenters. The normalized spacial score (nSPS) is 11.8. The number of nitrogens with zero attached hydrogens (tertiary/aromatic N) is 1. The summed E-state index contributed by atoms with van der Waals surface area (Å²) in [5, 5.41) is 6.66. The number of halogens is 2. The Labute approximate surface area is 191 Å². The van der Waals surface area contributed by atoms with E-state index < -0.39 is 17.7 Å². The van der Waals surface area contributed by atoms with Crippen LogP contribution in [0, 0.1) is 9.49 Å². The highest BCUT2D eigenvalue weighted by atomic mass is 127. The van der Waals surface area contributed by atoms with Gasteiger partial charge in [0.15, 0.2) is 11.5 Å². The van der Waals surface area contributed by atoms with Gasteiger partial charge in [-0.3, -0.25) is 9.59 Å². The van der Waals surface area contributed by atoms with Gasteiger partial charge in [-0.25, -0.2) is 5.43 Å². The van der Waals surface area contributed by atoms with Crippen LogP contribution in [0.2, 0.25) is 0 Å². The number of para-hydroxylation sites is 1. The van der Waals surface area contributed by atoms with Crippen LogP contribution >= 0.6 is 38.5 Å². The fourth-order valence-corrected chi connectivity index (χ4v) is 3.54. The van der Waals surface area contributed by atoms with E-state index in [1.54, 1.807) is 31.4 Å². The Balaban J connectivity index is 2.01. The molecule has 0 radical (unpaired) electrons. The molecule has 2 aromatic carbocycles. The van der Waals surface area contributed by atoms with Crippen molar-refractivity contribution in [3.8, 4) is 11.5 Å². The number of hydrogen-bond donors (Lipinski definition) is 2. The Morgan fingerprint density at radius 3 is 2.66 bits per heavy atom. The van der Waals surface area contributed by atoms with Crippen LogP contribution < -0.4 is 20.2 Å². The van der Waals surface area contributed by atoms with Gasteiger partial charge < -0.3 is 14.8 Å². The molecule has 29 heavy (non-hydrogen) atoms. The summed E-state index contributed by atoms with van der Waals surface area (Å²) >= 11 is 5.49. The molecule has 0 fully saturated rings. The van der Waals surface area contributed by atoms with Crippen molar-refractivity contribution >= 4 is 62.2 Å². The third-order valence-corrected chi connectivity index (χ3v) is 5.34. The van der Waals surface area contributed by atoms with Crippen LogP contribution in [0.5, 0.6) is 11.5 Å². The third kappa shape index (κ3) is 6.43. The maximum atomic E-state index is 12.3. The van der Waals surface area contributed by atoms with Crippen molar-refractivity contribution in [1.82, 2.24) is 5.43 Å². The first-order valence-corrected chi connectivity index (χ1v) is 10.6. The third-order valence-electron chi connectivity index (χ3n) is 3.84. The van der Waals surface area contributed by atoms with Crippen molar-refractivity contribution in [2.45, 2.75) is 13.8 Å².